The molecule has 1 unspecified atom stereocenters. The van der Waals surface area contributed by atoms with E-state index in [1.807, 2.05) is 6.07 Å². The first-order chi connectivity index (χ1) is 14.1. The molecule has 0 amide bonds. The predicted octanol–water partition coefficient (Wildman–Crippen LogP) is 4.90. The van der Waals surface area contributed by atoms with Crippen LogP contribution in [0.5, 0.6) is 0 Å². The van der Waals surface area contributed by atoms with Crippen LogP contribution < -0.4 is 10.6 Å². The Labute approximate surface area is 176 Å². The van der Waals surface area contributed by atoms with E-state index in [9.17, 15) is 18.0 Å². The van der Waals surface area contributed by atoms with Crippen molar-refractivity contribution in [3.63, 3.8) is 0 Å². The van der Waals surface area contributed by atoms with E-state index in [4.69, 9.17) is 10.5 Å². The Hall–Kier alpha value is -1.96. The Kier molecular flexibility index (Phi) is 8.82. The highest BCUT2D eigenvalue weighted by Crippen LogP contribution is 2.36. The van der Waals surface area contributed by atoms with Crippen LogP contribution in [0.4, 0.5) is 24.5 Å². The number of nitrogens with zero attached hydrogens (tertiary/aromatic N) is 1. The fraction of sp³-hybridized carbons (Fsp3) is 0.682. The van der Waals surface area contributed by atoms with Crippen LogP contribution in [0.2, 0.25) is 0 Å². The molecule has 0 spiro atoms. The summed E-state index contributed by atoms with van der Waals surface area (Å²) in [5.41, 5.74) is 8.40. The molecule has 170 valence electrons. The second kappa shape index (κ2) is 10.9. The number of hydrogen-bond donors (Lipinski definition) is 1. The molecule has 1 atom stereocenters. The summed E-state index contributed by atoms with van der Waals surface area (Å²) in [6.07, 6.45) is -3.72. The van der Waals surface area contributed by atoms with Gasteiger partial charge < -0.3 is 20.1 Å². The Balaban J connectivity index is 2.28. The van der Waals surface area contributed by atoms with E-state index in [0.29, 0.717) is 36.4 Å². The van der Waals surface area contributed by atoms with E-state index >= 15 is 0 Å². The molecule has 8 heteroatoms. The maximum atomic E-state index is 12.8. The number of methoxy groups -OCH3 is 1. The van der Waals surface area contributed by atoms with Gasteiger partial charge in [0, 0.05) is 32.2 Å². The van der Waals surface area contributed by atoms with Gasteiger partial charge in [-0.25, -0.2) is 0 Å². The van der Waals surface area contributed by atoms with E-state index in [1.165, 1.54) is 7.11 Å². The first kappa shape index (κ1) is 24.3. The van der Waals surface area contributed by atoms with Gasteiger partial charge in [0.05, 0.1) is 24.9 Å². The SMILES string of the molecule is COC(=O)CC(CCC(F)(F)F)c1ccc(N(CC(C)C)C2CCOCC2)c(N)c1. The van der Waals surface area contributed by atoms with Gasteiger partial charge in [-0.2, -0.15) is 13.2 Å². The van der Waals surface area contributed by atoms with Crippen LogP contribution in [0.25, 0.3) is 0 Å². The molecule has 1 aliphatic heterocycles. The molecule has 2 N–H and O–H groups in total. The lowest BCUT2D eigenvalue weighted by molar-refractivity contribution is -0.144. The van der Waals surface area contributed by atoms with Crippen LogP contribution in [-0.4, -0.2) is 45.1 Å². The van der Waals surface area contributed by atoms with Crippen LogP contribution in [0.3, 0.4) is 0 Å². The van der Waals surface area contributed by atoms with Crippen molar-refractivity contribution in [3.05, 3.63) is 23.8 Å². The van der Waals surface area contributed by atoms with Crippen LogP contribution in [0, 0.1) is 5.92 Å². The molecule has 5 nitrogen and oxygen atoms in total. The summed E-state index contributed by atoms with van der Waals surface area (Å²) in [4.78, 5) is 14.0. The van der Waals surface area contributed by atoms with E-state index in [-0.39, 0.29) is 12.8 Å². The van der Waals surface area contributed by atoms with Crippen LogP contribution in [-0.2, 0) is 14.3 Å². The average Bonchev–Trinajstić information content (AvgIpc) is 2.69. The fourth-order valence-corrected chi connectivity index (χ4v) is 3.93. The second-order valence-electron chi connectivity index (χ2n) is 8.34. The summed E-state index contributed by atoms with van der Waals surface area (Å²) in [7, 11) is 1.23. The highest BCUT2D eigenvalue weighted by atomic mass is 19.4. The van der Waals surface area contributed by atoms with Gasteiger partial charge in [0.2, 0.25) is 0 Å². The largest absolute Gasteiger partial charge is 0.469 e. The summed E-state index contributed by atoms with van der Waals surface area (Å²) >= 11 is 0. The Morgan fingerprint density at radius 2 is 1.97 bits per heavy atom. The Morgan fingerprint density at radius 3 is 2.50 bits per heavy atom. The highest BCUT2D eigenvalue weighted by molar-refractivity contribution is 5.72. The summed E-state index contributed by atoms with van der Waals surface area (Å²) in [6.45, 7) is 6.51. The number of ether oxygens (including phenoxy) is 2. The number of carbonyl (C=O) groups is 1. The number of halogens is 3. The number of nitrogens with two attached hydrogens (primary N) is 1. The van der Waals surface area contributed by atoms with Gasteiger partial charge in [-0.1, -0.05) is 19.9 Å². The standard InChI is InChI=1S/C22H33F3N2O3/c1-15(2)14-27(18-7-10-30-11-8-18)20-5-4-16(12-19(20)26)17(13-21(28)29-3)6-9-22(23,24)25/h4-5,12,15,17-18H,6-11,13-14,26H2,1-3H3. The molecular formula is C22H33F3N2O3. The molecule has 1 aromatic rings. The van der Waals surface area contributed by atoms with E-state index in [2.05, 4.69) is 23.5 Å². The minimum atomic E-state index is -4.28. The molecule has 0 bridgehead atoms. The third-order valence-electron chi connectivity index (χ3n) is 5.44. The molecule has 30 heavy (non-hydrogen) atoms. The first-order valence-electron chi connectivity index (χ1n) is 10.5. The summed E-state index contributed by atoms with van der Waals surface area (Å²) < 4.78 is 48.5. The molecule has 1 fully saturated rings. The van der Waals surface area contributed by atoms with Gasteiger partial charge in [-0.3, -0.25) is 4.79 Å². The summed E-state index contributed by atoms with van der Waals surface area (Å²) in [5.74, 6) is -0.712. The zero-order valence-electron chi connectivity index (χ0n) is 18.0. The second-order valence-corrected chi connectivity index (χ2v) is 8.34. The zero-order chi connectivity index (χ0) is 22.3. The van der Waals surface area contributed by atoms with Crippen LogP contribution >= 0.6 is 0 Å². The lowest BCUT2D eigenvalue weighted by Gasteiger charge is -2.38. The van der Waals surface area contributed by atoms with Crippen molar-refractivity contribution in [2.24, 2.45) is 5.92 Å². The number of hydrogen-bond acceptors (Lipinski definition) is 5. The molecule has 0 saturated carbocycles. The maximum Gasteiger partial charge on any atom is 0.389 e. The smallest absolute Gasteiger partial charge is 0.389 e. The van der Waals surface area contributed by atoms with Crippen molar-refractivity contribution < 1.29 is 27.4 Å². The first-order valence-corrected chi connectivity index (χ1v) is 10.5. The lowest BCUT2D eigenvalue weighted by atomic mass is 9.90. The number of nitrogen functional groups attached to an aromatic ring is 1. The molecule has 2 rings (SSSR count). The number of esters is 1. The number of carbonyl (C=O) groups excluding carboxylic acids is 1. The zero-order valence-corrected chi connectivity index (χ0v) is 18.0. The third kappa shape index (κ3) is 7.38. The fourth-order valence-electron chi connectivity index (χ4n) is 3.93. The molecule has 0 aromatic heterocycles. The average molecular weight is 431 g/mol. The Morgan fingerprint density at radius 1 is 1.30 bits per heavy atom. The minimum absolute atomic E-state index is 0.110. The topological polar surface area (TPSA) is 64.8 Å². The lowest BCUT2D eigenvalue weighted by Crippen LogP contribution is -2.42. The van der Waals surface area contributed by atoms with Gasteiger partial charge in [0.25, 0.3) is 0 Å². The van der Waals surface area contributed by atoms with Gasteiger partial charge >= 0.3 is 12.1 Å². The van der Waals surface area contributed by atoms with E-state index < -0.39 is 24.5 Å². The monoisotopic (exact) mass is 430 g/mol. The predicted molar refractivity (Wildman–Crippen MR) is 112 cm³/mol. The normalized spacial score (nSPS) is 16.5. The van der Waals surface area contributed by atoms with Crippen LogP contribution in [0.15, 0.2) is 18.2 Å². The third-order valence-corrected chi connectivity index (χ3v) is 5.44. The Bertz CT molecular complexity index is 689. The van der Waals surface area contributed by atoms with Crippen molar-refractivity contribution in [2.75, 3.05) is 37.5 Å². The van der Waals surface area contributed by atoms with Gasteiger partial charge in [-0.05, 0) is 48.8 Å². The van der Waals surface area contributed by atoms with Gasteiger partial charge in [0.15, 0.2) is 0 Å². The number of alkyl halides is 3. The van der Waals surface area contributed by atoms with Crippen molar-refractivity contribution in [1.29, 1.82) is 0 Å². The number of anilines is 2. The number of benzene rings is 1. The molecule has 0 radical (unpaired) electrons. The summed E-state index contributed by atoms with van der Waals surface area (Å²) in [6, 6.07) is 5.69. The van der Waals surface area contributed by atoms with Crippen molar-refractivity contribution in [3.8, 4) is 0 Å². The molecule has 0 aliphatic carbocycles. The van der Waals surface area contributed by atoms with Crippen molar-refractivity contribution in [2.45, 2.75) is 64.1 Å². The van der Waals surface area contributed by atoms with Crippen molar-refractivity contribution in [1.82, 2.24) is 0 Å². The highest BCUT2D eigenvalue weighted by Gasteiger charge is 2.30. The van der Waals surface area contributed by atoms with Crippen molar-refractivity contribution >= 4 is 17.3 Å². The molecule has 1 saturated heterocycles. The quantitative estimate of drug-likeness (QED) is 0.446. The maximum absolute atomic E-state index is 12.8. The minimum Gasteiger partial charge on any atom is -0.469 e. The number of rotatable bonds is 9. The van der Waals surface area contributed by atoms with Gasteiger partial charge in [0.1, 0.15) is 0 Å². The molecule has 1 aromatic carbocycles. The molecular weight excluding hydrogens is 397 g/mol. The molecule has 1 aliphatic rings. The van der Waals surface area contributed by atoms with E-state index in [1.54, 1.807) is 12.1 Å². The van der Waals surface area contributed by atoms with Gasteiger partial charge in [-0.15, -0.1) is 0 Å². The molecule has 1 heterocycles. The van der Waals surface area contributed by atoms with E-state index in [0.717, 1.165) is 25.1 Å². The summed E-state index contributed by atoms with van der Waals surface area (Å²) in [5, 5.41) is 0. The van der Waals surface area contributed by atoms with Crippen LogP contribution in [0.1, 0.15) is 57.4 Å².